The van der Waals surface area contributed by atoms with Crippen molar-refractivity contribution in [3.05, 3.63) is 103 Å². The lowest BCUT2D eigenvalue weighted by Gasteiger charge is -2.12. The Bertz CT molecular complexity index is 1500. The van der Waals surface area contributed by atoms with Crippen LogP contribution in [0.2, 0.25) is 0 Å². The topological polar surface area (TPSA) is 70.5 Å². The van der Waals surface area contributed by atoms with Crippen LogP contribution >= 0.6 is 0 Å². The largest absolute Gasteiger partial charge is 0.493 e. The maximum absolute atomic E-state index is 12.8. The van der Waals surface area contributed by atoms with E-state index in [1.54, 1.807) is 43.5 Å². The van der Waals surface area contributed by atoms with Crippen molar-refractivity contribution in [2.45, 2.75) is 0 Å². The minimum absolute atomic E-state index is 0.346. The Morgan fingerprint density at radius 1 is 0.629 bits per heavy atom. The second-order valence-corrected chi connectivity index (χ2v) is 7.76. The fourth-order valence-corrected chi connectivity index (χ4v) is 3.82. The molecule has 0 amide bonds. The Balaban J connectivity index is 1.53. The molecule has 0 saturated carbocycles. The van der Waals surface area contributed by atoms with E-state index in [-0.39, 0.29) is 0 Å². The van der Waals surface area contributed by atoms with E-state index in [0.29, 0.717) is 33.8 Å². The average molecular weight is 463 g/mol. The summed E-state index contributed by atoms with van der Waals surface area (Å²) in [5, 5.41) is 0. The number of methoxy groups -OCH3 is 2. The van der Waals surface area contributed by atoms with Crippen LogP contribution in [-0.2, 0) is 0 Å². The van der Waals surface area contributed by atoms with E-state index in [2.05, 4.69) is 0 Å². The van der Waals surface area contributed by atoms with Crippen molar-refractivity contribution in [1.29, 1.82) is 0 Å². The van der Waals surface area contributed by atoms with Crippen LogP contribution in [0.5, 0.6) is 17.2 Å². The summed E-state index contributed by atoms with van der Waals surface area (Å²) in [6, 6.07) is 30.0. The van der Waals surface area contributed by atoms with Gasteiger partial charge in [-0.3, -0.25) is 0 Å². The van der Waals surface area contributed by atoms with Gasteiger partial charge in [0.15, 0.2) is 11.5 Å². The summed E-state index contributed by atoms with van der Waals surface area (Å²) in [6.07, 6.45) is 0. The minimum Gasteiger partial charge on any atom is -0.493 e. The monoisotopic (exact) mass is 462 g/mol. The number of esters is 1. The highest BCUT2D eigenvalue weighted by Crippen LogP contribution is 2.32. The molecule has 0 aliphatic heterocycles. The highest BCUT2D eigenvalue weighted by atomic mass is 16.5. The molecule has 0 spiro atoms. The predicted molar refractivity (Wildman–Crippen MR) is 135 cm³/mol. The van der Waals surface area contributed by atoms with Gasteiger partial charge in [-0.25, -0.2) is 14.8 Å². The number of carbonyl (C=O) groups is 1. The second kappa shape index (κ2) is 9.65. The molecule has 1 heterocycles. The Kier molecular flexibility index (Phi) is 6.09. The molecular weight excluding hydrogens is 440 g/mol. The highest BCUT2D eigenvalue weighted by molar-refractivity contribution is 5.93. The Labute approximate surface area is 202 Å². The number of benzene rings is 4. The van der Waals surface area contributed by atoms with Gasteiger partial charge in [-0.1, -0.05) is 60.7 Å². The number of aromatic nitrogens is 2. The zero-order valence-corrected chi connectivity index (χ0v) is 19.3. The third-order valence-corrected chi connectivity index (χ3v) is 5.56. The van der Waals surface area contributed by atoms with Crippen molar-refractivity contribution in [2.24, 2.45) is 0 Å². The summed E-state index contributed by atoms with van der Waals surface area (Å²) in [5.41, 5.74) is 5.15. The first-order valence-corrected chi connectivity index (χ1v) is 11.0. The van der Waals surface area contributed by atoms with Crippen LogP contribution in [0.4, 0.5) is 0 Å². The third kappa shape index (κ3) is 4.54. The molecule has 1 aromatic heterocycles. The number of fused-ring (bicyclic) bond motifs is 1. The first-order chi connectivity index (χ1) is 17.2. The molecule has 6 heteroatoms. The fraction of sp³-hybridized carbons (Fsp3) is 0.0690. The lowest BCUT2D eigenvalue weighted by Crippen LogP contribution is -2.09. The smallest absolute Gasteiger partial charge is 0.343 e. The van der Waals surface area contributed by atoms with Gasteiger partial charge in [0.25, 0.3) is 0 Å². The first kappa shape index (κ1) is 22.1. The van der Waals surface area contributed by atoms with Crippen LogP contribution in [0.15, 0.2) is 97.1 Å². The molecule has 0 saturated heterocycles. The summed E-state index contributed by atoms with van der Waals surface area (Å²) in [7, 11) is 3.06. The molecule has 6 nitrogen and oxygen atoms in total. The molecule has 0 N–H and O–H groups in total. The van der Waals surface area contributed by atoms with Crippen molar-refractivity contribution >= 4 is 17.0 Å². The zero-order chi connectivity index (χ0) is 24.2. The van der Waals surface area contributed by atoms with E-state index < -0.39 is 5.97 Å². The number of ether oxygens (including phenoxy) is 3. The number of rotatable bonds is 6. The minimum atomic E-state index is -0.512. The number of hydrogen-bond acceptors (Lipinski definition) is 6. The van der Waals surface area contributed by atoms with Gasteiger partial charge in [0.05, 0.1) is 42.2 Å². The summed E-state index contributed by atoms with van der Waals surface area (Å²) >= 11 is 0. The molecule has 0 unspecified atom stereocenters. The van der Waals surface area contributed by atoms with Gasteiger partial charge in [-0.15, -0.1) is 0 Å². The van der Waals surface area contributed by atoms with Crippen molar-refractivity contribution in [2.75, 3.05) is 14.2 Å². The fourth-order valence-electron chi connectivity index (χ4n) is 3.82. The van der Waals surface area contributed by atoms with Gasteiger partial charge in [0.2, 0.25) is 0 Å². The van der Waals surface area contributed by atoms with E-state index in [1.165, 1.54) is 7.11 Å². The van der Waals surface area contributed by atoms with Crippen LogP contribution in [0.25, 0.3) is 33.5 Å². The predicted octanol–water partition coefficient (Wildman–Crippen LogP) is 6.20. The Morgan fingerprint density at radius 2 is 1.23 bits per heavy atom. The SMILES string of the molecule is COc1ccc(C(=O)Oc2ccc3nc(-c4ccccc4)c(-c4ccccc4)nc3c2)cc1OC. The number of hydrogen-bond donors (Lipinski definition) is 0. The van der Waals surface area contributed by atoms with Crippen molar-refractivity contribution in [3.63, 3.8) is 0 Å². The van der Waals surface area contributed by atoms with Crippen LogP contribution in [-0.4, -0.2) is 30.2 Å². The first-order valence-electron chi connectivity index (χ1n) is 11.0. The second-order valence-electron chi connectivity index (χ2n) is 7.76. The molecule has 0 fully saturated rings. The van der Waals surface area contributed by atoms with Crippen LogP contribution < -0.4 is 14.2 Å². The van der Waals surface area contributed by atoms with Gasteiger partial charge >= 0.3 is 5.97 Å². The maximum atomic E-state index is 12.8. The van der Waals surface area contributed by atoms with Gasteiger partial charge in [-0.05, 0) is 30.3 Å². The van der Waals surface area contributed by atoms with Gasteiger partial charge in [-0.2, -0.15) is 0 Å². The van der Waals surface area contributed by atoms with E-state index in [1.807, 2.05) is 60.7 Å². The average Bonchev–Trinajstić information content (AvgIpc) is 2.92. The summed E-state index contributed by atoms with van der Waals surface area (Å²) in [6.45, 7) is 0. The molecule has 0 aliphatic carbocycles. The normalized spacial score (nSPS) is 10.7. The molecular formula is C29H22N2O4. The van der Waals surface area contributed by atoms with Crippen molar-refractivity contribution in [1.82, 2.24) is 9.97 Å². The Hall–Kier alpha value is -4.71. The molecule has 0 bridgehead atoms. The quantitative estimate of drug-likeness (QED) is 0.221. The van der Waals surface area contributed by atoms with Crippen LogP contribution in [0.3, 0.4) is 0 Å². The van der Waals surface area contributed by atoms with Gasteiger partial charge in [0.1, 0.15) is 5.75 Å². The summed E-state index contributed by atoms with van der Waals surface area (Å²) in [5.74, 6) is 0.848. The molecule has 35 heavy (non-hydrogen) atoms. The molecule has 5 rings (SSSR count). The lowest BCUT2D eigenvalue weighted by atomic mass is 10.0. The molecule has 172 valence electrons. The lowest BCUT2D eigenvalue weighted by molar-refractivity contribution is 0.0734. The number of carbonyl (C=O) groups excluding carboxylic acids is 1. The van der Waals surface area contributed by atoms with Gasteiger partial charge < -0.3 is 14.2 Å². The summed E-state index contributed by atoms with van der Waals surface area (Å²) in [4.78, 5) is 22.6. The van der Waals surface area contributed by atoms with Crippen LogP contribution in [0.1, 0.15) is 10.4 Å². The zero-order valence-electron chi connectivity index (χ0n) is 19.3. The van der Waals surface area contributed by atoms with Crippen molar-refractivity contribution in [3.8, 4) is 39.8 Å². The van der Waals surface area contributed by atoms with E-state index in [0.717, 1.165) is 22.5 Å². The standard InChI is InChI=1S/C29H22N2O4/c1-33-25-16-13-21(17-26(25)34-2)29(32)35-22-14-15-23-24(18-22)31-28(20-11-7-4-8-12-20)27(30-23)19-9-5-3-6-10-19/h3-18H,1-2H3. The van der Waals surface area contributed by atoms with E-state index in [4.69, 9.17) is 24.2 Å². The van der Waals surface area contributed by atoms with E-state index >= 15 is 0 Å². The molecule has 0 atom stereocenters. The van der Waals surface area contributed by atoms with Crippen molar-refractivity contribution < 1.29 is 19.0 Å². The number of nitrogens with zero attached hydrogens (tertiary/aromatic N) is 2. The Morgan fingerprint density at radius 3 is 1.83 bits per heavy atom. The molecule has 4 aromatic carbocycles. The van der Waals surface area contributed by atoms with Crippen LogP contribution in [0, 0.1) is 0 Å². The third-order valence-electron chi connectivity index (χ3n) is 5.56. The highest BCUT2D eigenvalue weighted by Gasteiger charge is 2.16. The summed E-state index contributed by atoms with van der Waals surface area (Å²) < 4.78 is 16.2. The maximum Gasteiger partial charge on any atom is 0.343 e. The molecule has 5 aromatic rings. The molecule has 0 radical (unpaired) electrons. The van der Waals surface area contributed by atoms with Gasteiger partial charge in [0, 0.05) is 17.2 Å². The molecule has 0 aliphatic rings. The van der Waals surface area contributed by atoms with E-state index in [9.17, 15) is 4.79 Å².